The van der Waals surface area contributed by atoms with E-state index < -0.39 is 0 Å². The van der Waals surface area contributed by atoms with Crippen molar-refractivity contribution >= 4 is 11.9 Å². The molecule has 1 aromatic heterocycles. The molecule has 0 atom stereocenters. The maximum Gasteiger partial charge on any atom is 0.254 e. The lowest BCUT2D eigenvalue weighted by atomic mass is 10.1. The molecule has 0 spiro atoms. The first-order valence-electron chi connectivity index (χ1n) is 8.34. The number of carbonyl (C=O) groups excluding carboxylic acids is 1. The second-order valence-electron chi connectivity index (χ2n) is 5.73. The number of aromatic nitrogens is 2. The minimum Gasteiger partial charge on any atom is -0.352 e. The average Bonchev–Trinajstić information content (AvgIpc) is 2.69. The highest BCUT2D eigenvalue weighted by Gasteiger charge is 2.08. The standard InChI is InChI=1S/C20H19FN4O/c21-18-9-5-4-8-16(18)10-11-22-19(26)17-13-24-20(25-14-17)23-12-15-6-2-1-3-7-15/h1-9,13-14H,10-12H2,(H,22,26)(H,23,24,25). The SMILES string of the molecule is O=C(NCCc1ccccc1F)c1cnc(NCc2ccccc2)nc1. The molecule has 3 aromatic rings. The monoisotopic (exact) mass is 350 g/mol. The minimum atomic E-state index is -0.282. The number of nitrogens with one attached hydrogen (secondary N) is 2. The number of rotatable bonds is 7. The van der Waals surface area contributed by atoms with Gasteiger partial charge in [0.1, 0.15) is 5.82 Å². The number of halogens is 1. The van der Waals surface area contributed by atoms with Crippen molar-refractivity contribution in [2.24, 2.45) is 0 Å². The molecule has 0 aliphatic rings. The van der Waals surface area contributed by atoms with Crippen LogP contribution in [0.15, 0.2) is 67.0 Å². The lowest BCUT2D eigenvalue weighted by Crippen LogP contribution is -2.26. The van der Waals surface area contributed by atoms with Gasteiger partial charge in [-0.15, -0.1) is 0 Å². The average molecular weight is 350 g/mol. The first-order valence-corrected chi connectivity index (χ1v) is 8.34. The molecule has 0 radical (unpaired) electrons. The third-order valence-electron chi connectivity index (χ3n) is 3.85. The first-order chi connectivity index (χ1) is 12.7. The molecular weight excluding hydrogens is 331 g/mol. The molecule has 0 saturated carbocycles. The summed E-state index contributed by atoms with van der Waals surface area (Å²) in [6.07, 6.45) is 3.37. The third-order valence-corrected chi connectivity index (χ3v) is 3.85. The zero-order valence-electron chi connectivity index (χ0n) is 14.2. The Morgan fingerprint density at radius 3 is 2.38 bits per heavy atom. The van der Waals surface area contributed by atoms with E-state index in [0.717, 1.165) is 5.56 Å². The van der Waals surface area contributed by atoms with Crippen LogP contribution in [-0.4, -0.2) is 22.4 Å². The zero-order chi connectivity index (χ0) is 18.2. The molecule has 2 N–H and O–H groups in total. The van der Waals surface area contributed by atoms with Crippen LogP contribution in [0.2, 0.25) is 0 Å². The second kappa shape index (κ2) is 8.71. The maximum atomic E-state index is 13.5. The zero-order valence-corrected chi connectivity index (χ0v) is 14.2. The van der Waals surface area contributed by atoms with Gasteiger partial charge in [0.2, 0.25) is 5.95 Å². The number of hydrogen-bond donors (Lipinski definition) is 2. The quantitative estimate of drug-likeness (QED) is 0.687. The Hall–Kier alpha value is -3.28. The fourth-order valence-corrected chi connectivity index (χ4v) is 2.43. The van der Waals surface area contributed by atoms with Gasteiger partial charge in [-0.25, -0.2) is 14.4 Å². The van der Waals surface area contributed by atoms with E-state index in [1.54, 1.807) is 18.2 Å². The van der Waals surface area contributed by atoms with E-state index >= 15 is 0 Å². The molecule has 6 heteroatoms. The van der Waals surface area contributed by atoms with Crippen LogP contribution in [-0.2, 0) is 13.0 Å². The van der Waals surface area contributed by atoms with E-state index in [9.17, 15) is 9.18 Å². The van der Waals surface area contributed by atoms with Crippen LogP contribution in [0.5, 0.6) is 0 Å². The van der Waals surface area contributed by atoms with Crippen LogP contribution >= 0.6 is 0 Å². The molecule has 0 unspecified atom stereocenters. The van der Waals surface area contributed by atoms with Crippen molar-refractivity contribution < 1.29 is 9.18 Å². The first kappa shape index (κ1) is 17.5. The van der Waals surface area contributed by atoms with Gasteiger partial charge in [-0.2, -0.15) is 0 Å². The van der Waals surface area contributed by atoms with Gasteiger partial charge in [-0.3, -0.25) is 4.79 Å². The highest BCUT2D eigenvalue weighted by molar-refractivity contribution is 5.93. The van der Waals surface area contributed by atoms with Crippen LogP contribution in [0.1, 0.15) is 21.5 Å². The summed E-state index contributed by atoms with van der Waals surface area (Å²) in [7, 11) is 0. The summed E-state index contributed by atoms with van der Waals surface area (Å²) >= 11 is 0. The van der Waals surface area contributed by atoms with Crippen molar-refractivity contribution in [2.45, 2.75) is 13.0 Å². The van der Waals surface area contributed by atoms with Gasteiger partial charge in [0.15, 0.2) is 0 Å². The topological polar surface area (TPSA) is 66.9 Å². The highest BCUT2D eigenvalue weighted by atomic mass is 19.1. The Balaban J connectivity index is 1.48. The van der Waals surface area contributed by atoms with E-state index in [1.165, 1.54) is 18.5 Å². The summed E-state index contributed by atoms with van der Waals surface area (Å²) < 4.78 is 13.5. The molecule has 0 saturated heterocycles. The Morgan fingerprint density at radius 2 is 1.65 bits per heavy atom. The van der Waals surface area contributed by atoms with E-state index in [4.69, 9.17) is 0 Å². The number of hydrogen-bond acceptors (Lipinski definition) is 4. The number of nitrogens with zero attached hydrogens (tertiary/aromatic N) is 2. The third kappa shape index (κ3) is 4.86. The molecule has 26 heavy (non-hydrogen) atoms. The van der Waals surface area contributed by atoms with Gasteiger partial charge in [-0.05, 0) is 23.6 Å². The second-order valence-corrected chi connectivity index (χ2v) is 5.73. The van der Waals surface area contributed by atoms with Gasteiger partial charge >= 0.3 is 0 Å². The molecular formula is C20H19FN4O. The summed E-state index contributed by atoms with van der Waals surface area (Å²) in [4.78, 5) is 20.4. The van der Waals surface area contributed by atoms with Crippen molar-refractivity contribution in [2.75, 3.05) is 11.9 Å². The van der Waals surface area contributed by atoms with Crippen molar-refractivity contribution in [1.29, 1.82) is 0 Å². The van der Waals surface area contributed by atoms with E-state index in [0.29, 0.717) is 36.6 Å². The highest BCUT2D eigenvalue weighted by Crippen LogP contribution is 2.07. The van der Waals surface area contributed by atoms with Crippen LogP contribution < -0.4 is 10.6 Å². The van der Waals surface area contributed by atoms with Gasteiger partial charge in [0.25, 0.3) is 5.91 Å². The molecule has 0 bridgehead atoms. The Labute approximate surface area is 151 Å². The number of carbonyl (C=O) groups is 1. The molecule has 1 heterocycles. The fraction of sp³-hybridized carbons (Fsp3) is 0.150. The molecule has 3 rings (SSSR count). The predicted molar refractivity (Wildman–Crippen MR) is 98.2 cm³/mol. The summed E-state index contributed by atoms with van der Waals surface area (Å²) in [5.74, 6) is -0.0911. The number of anilines is 1. The van der Waals surface area contributed by atoms with Crippen LogP contribution in [0, 0.1) is 5.82 Å². The van der Waals surface area contributed by atoms with Crippen molar-refractivity contribution in [3.8, 4) is 0 Å². The van der Waals surface area contributed by atoms with Crippen molar-refractivity contribution in [3.63, 3.8) is 0 Å². The van der Waals surface area contributed by atoms with Crippen LogP contribution in [0.4, 0.5) is 10.3 Å². The van der Waals surface area contributed by atoms with E-state index in [1.807, 2.05) is 30.3 Å². The van der Waals surface area contributed by atoms with Gasteiger partial charge < -0.3 is 10.6 Å². The van der Waals surface area contributed by atoms with Crippen LogP contribution in [0.3, 0.4) is 0 Å². The molecule has 5 nitrogen and oxygen atoms in total. The molecule has 0 fully saturated rings. The summed E-state index contributed by atoms with van der Waals surface area (Å²) in [5, 5.41) is 5.85. The minimum absolute atomic E-state index is 0.265. The Bertz CT molecular complexity index is 853. The molecule has 1 amide bonds. The van der Waals surface area contributed by atoms with Gasteiger partial charge in [0, 0.05) is 25.5 Å². The normalized spacial score (nSPS) is 10.3. The molecule has 2 aromatic carbocycles. The summed E-state index contributed by atoms with van der Waals surface area (Å²) in [6, 6.07) is 16.4. The number of amides is 1. The maximum absolute atomic E-state index is 13.5. The Kier molecular flexibility index (Phi) is 5.88. The molecule has 132 valence electrons. The largest absolute Gasteiger partial charge is 0.352 e. The van der Waals surface area contributed by atoms with Gasteiger partial charge in [-0.1, -0.05) is 48.5 Å². The van der Waals surface area contributed by atoms with Crippen molar-refractivity contribution in [3.05, 3.63) is 89.5 Å². The van der Waals surface area contributed by atoms with Crippen LogP contribution in [0.25, 0.3) is 0 Å². The Morgan fingerprint density at radius 1 is 0.962 bits per heavy atom. The molecule has 0 aliphatic carbocycles. The fourth-order valence-electron chi connectivity index (χ4n) is 2.43. The van der Waals surface area contributed by atoms with Crippen molar-refractivity contribution in [1.82, 2.24) is 15.3 Å². The van der Waals surface area contributed by atoms with Gasteiger partial charge in [0.05, 0.1) is 5.56 Å². The molecule has 0 aliphatic heterocycles. The smallest absolute Gasteiger partial charge is 0.254 e. The predicted octanol–water partition coefficient (Wildman–Crippen LogP) is 3.20. The number of benzene rings is 2. The summed E-state index contributed by atoms with van der Waals surface area (Å²) in [5.41, 5.74) is 2.05. The van der Waals surface area contributed by atoms with E-state index in [2.05, 4.69) is 20.6 Å². The lowest BCUT2D eigenvalue weighted by Gasteiger charge is -2.07. The lowest BCUT2D eigenvalue weighted by molar-refractivity contribution is 0.0953. The van der Waals surface area contributed by atoms with E-state index in [-0.39, 0.29) is 11.7 Å². The summed E-state index contributed by atoms with van der Waals surface area (Å²) in [6.45, 7) is 0.947.